The lowest BCUT2D eigenvalue weighted by molar-refractivity contribution is -0.387. The molecular formula is C11H16N2O5S. The van der Waals surface area contributed by atoms with Gasteiger partial charge >= 0.3 is 0 Å². The molecule has 0 aliphatic rings. The van der Waals surface area contributed by atoms with Crippen molar-refractivity contribution < 1.29 is 18.4 Å². The van der Waals surface area contributed by atoms with E-state index in [1.165, 1.54) is 19.1 Å². The van der Waals surface area contributed by atoms with Crippen molar-refractivity contribution in [3.8, 4) is 0 Å². The van der Waals surface area contributed by atoms with E-state index in [2.05, 4.69) is 4.72 Å². The minimum atomic E-state index is -3.97. The standard InChI is InChI=1S/C11H16N2O5S/c1-8(7-14)6-12-19(17,18)11-9(2)4-3-5-10(11)13(15)16/h3-5,8,12,14H,6-7H2,1-2H3. The average Bonchev–Trinajstić information content (AvgIpc) is 2.35. The summed E-state index contributed by atoms with van der Waals surface area (Å²) in [5.74, 6) is -0.266. The second-order valence-electron chi connectivity index (χ2n) is 4.32. The summed E-state index contributed by atoms with van der Waals surface area (Å²) in [4.78, 5) is 9.83. The normalized spacial score (nSPS) is 13.2. The van der Waals surface area contributed by atoms with Crippen molar-refractivity contribution in [3.05, 3.63) is 33.9 Å². The van der Waals surface area contributed by atoms with E-state index in [4.69, 9.17) is 5.11 Å². The average molecular weight is 288 g/mol. The van der Waals surface area contributed by atoms with Crippen LogP contribution in [0.2, 0.25) is 0 Å². The topological polar surface area (TPSA) is 110 Å². The van der Waals surface area contributed by atoms with E-state index in [-0.39, 0.29) is 24.0 Å². The van der Waals surface area contributed by atoms with Gasteiger partial charge in [-0.05, 0) is 18.4 Å². The highest BCUT2D eigenvalue weighted by Gasteiger charge is 2.27. The van der Waals surface area contributed by atoms with Crippen LogP contribution in [-0.4, -0.2) is 31.6 Å². The molecule has 1 unspecified atom stereocenters. The molecule has 0 radical (unpaired) electrons. The zero-order valence-corrected chi connectivity index (χ0v) is 11.5. The first-order valence-corrected chi connectivity index (χ1v) is 7.12. The van der Waals surface area contributed by atoms with Crippen LogP contribution in [0.5, 0.6) is 0 Å². The zero-order chi connectivity index (χ0) is 14.6. The molecule has 1 rings (SSSR count). The summed E-state index contributed by atoms with van der Waals surface area (Å²) in [5.41, 5.74) is -0.150. The maximum atomic E-state index is 12.1. The Labute approximate surface area is 111 Å². The molecule has 0 aliphatic carbocycles. The summed E-state index contributed by atoms with van der Waals surface area (Å²) < 4.78 is 26.5. The third kappa shape index (κ3) is 3.72. The molecule has 19 heavy (non-hydrogen) atoms. The van der Waals surface area contributed by atoms with Gasteiger partial charge < -0.3 is 5.11 Å². The molecule has 0 heterocycles. The van der Waals surface area contributed by atoms with E-state index < -0.39 is 20.6 Å². The lowest BCUT2D eigenvalue weighted by Crippen LogP contribution is -2.30. The number of nitrogens with one attached hydrogen (secondary N) is 1. The van der Waals surface area contributed by atoms with Crippen molar-refractivity contribution in [2.45, 2.75) is 18.7 Å². The van der Waals surface area contributed by atoms with E-state index in [1.54, 1.807) is 6.92 Å². The molecule has 0 saturated carbocycles. The van der Waals surface area contributed by atoms with Gasteiger partial charge in [-0.25, -0.2) is 13.1 Å². The molecule has 106 valence electrons. The number of nitro benzene ring substituents is 1. The number of hydrogen-bond donors (Lipinski definition) is 2. The number of benzene rings is 1. The summed E-state index contributed by atoms with van der Waals surface area (Å²) >= 11 is 0. The maximum Gasteiger partial charge on any atom is 0.289 e. The predicted molar refractivity (Wildman–Crippen MR) is 69.3 cm³/mol. The lowest BCUT2D eigenvalue weighted by atomic mass is 10.2. The van der Waals surface area contributed by atoms with Crippen LogP contribution in [0.4, 0.5) is 5.69 Å². The summed E-state index contributed by atoms with van der Waals surface area (Å²) in [7, 11) is -3.97. The van der Waals surface area contributed by atoms with Gasteiger partial charge in [-0.2, -0.15) is 0 Å². The van der Waals surface area contributed by atoms with E-state index in [0.29, 0.717) is 5.56 Å². The van der Waals surface area contributed by atoms with Gasteiger partial charge in [-0.15, -0.1) is 0 Å². The fourth-order valence-electron chi connectivity index (χ4n) is 1.52. The van der Waals surface area contributed by atoms with Crippen LogP contribution in [-0.2, 0) is 10.0 Å². The third-order valence-electron chi connectivity index (χ3n) is 2.59. The Morgan fingerprint density at radius 3 is 2.63 bits per heavy atom. The van der Waals surface area contributed by atoms with Crippen molar-refractivity contribution in [2.24, 2.45) is 5.92 Å². The number of sulfonamides is 1. The molecule has 1 atom stereocenters. The number of hydrogen-bond acceptors (Lipinski definition) is 5. The highest BCUT2D eigenvalue weighted by Crippen LogP contribution is 2.26. The van der Waals surface area contributed by atoms with Crippen molar-refractivity contribution in [1.82, 2.24) is 4.72 Å². The van der Waals surface area contributed by atoms with Crippen molar-refractivity contribution in [3.63, 3.8) is 0 Å². The number of nitrogens with zero attached hydrogens (tertiary/aromatic N) is 1. The molecule has 1 aromatic rings. The second-order valence-corrected chi connectivity index (χ2v) is 6.02. The first-order valence-electron chi connectivity index (χ1n) is 5.64. The van der Waals surface area contributed by atoms with Gasteiger partial charge in [0.1, 0.15) is 0 Å². The summed E-state index contributed by atoms with van der Waals surface area (Å²) in [5, 5.41) is 19.7. The van der Waals surface area contributed by atoms with Crippen LogP contribution in [0.1, 0.15) is 12.5 Å². The van der Waals surface area contributed by atoms with E-state index in [0.717, 1.165) is 6.07 Å². The Hall–Kier alpha value is -1.51. The molecule has 0 bridgehead atoms. The highest BCUT2D eigenvalue weighted by atomic mass is 32.2. The Kier molecular flexibility index (Phi) is 4.98. The van der Waals surface area contributed by atoms with Crippen LogP contribution >= 0.6 is 0 Å². The van der Waals surface area contributed by atoms with E-state index in [9.17, 15) is 18.5 Å². The van der Waals surface area contributed by atoms with Crippen LogP contribution in [0.15, 0.2) is 23.1 Å². The quantitative estimate of drug-likeness (QED) is 0.594. The molecule has 2 N–H and O–H groups in total. The third-order valence-corrected chi connectivity index (χ3v) is 4.21. The minimum Gasteiger partial charge on any atom is -0.396 e. The van der Waals surface area contributed by atoms with Gasteiger partial charge in [0.15, 0.2) is 4.90 Å². The van der Waals surface area contributed by atoms with Crippen LogP contribution in [0, 0.1) is 23.0 Å². The van der Waals surface area contributed by atoms with Gasteiger partial charge in [-0.1, -0.05) is 19.1 Å². The largest absolute Gasteiger partial charge is 0.396 e. The van der Waals surface area contributed by atoms with Crippen LogP contribution in [0.3, 0.4) is 0 Å². The molecule has 7 nitrogen and oxygen atoms in total. The van der Waals surface area contributed by atoms with Crippen LogP contribution in [0.25, 0.3) is 0 Å². The first-order chi connectivity index (χ1) is 8.79. The lowest BCUT2D eigenvalue weighted by Gasteiger charge is -2.12. The Bertz CT molecular complexity index is 570. The smallest absolute Gasteiger partial charge is 0.289 e. The molecule has 0 amide bonds. The number of rotatable bonds is 6. The van der Waals surface area contributed by atoms with Gasteiger partial charge in [-0.3, -0.25) is 10.1 Å². The SMILES string of the molecule is Cc1cccc([N+](=O)[O-])c1S(=O)(=O)NCC(C)CO. The van der Waals surface area contributed by atoms with Gasteiger partial charge in [0.05, 0.1) is 4.92 Å². The maximum absolute atomic E-state index is 12.1. The summed E-state index contributed by atoms with van der Waals surface area (Å²) in [6, 6.07) is 4.08. The van der Waals surface area contributed by atoms with Crippen molar-refractivity contribution in [2.75, 3.05) is 13.2 Å². The molecule has 1 aromatic carbocycles. The van der Waals surface area contributed by atoms with Crippen LogP contribution < -0.4 is 4.72 Å². The number of aliphatic hydroxyl groups excluding tert-OH is 1. The number of aryl methyl sites for hydroxylation is 1. The molecule has 0 aromatic heterocycles. The minimum absolute atomic E-state index is 0.0182. The fraction of sp³-hybridized carbons (Fsp3) is 0.455. The second kappa shape index (κ2) is 6.09. The zero-order valence-electron chi connectivity index (χ0n) is 10.7. The fourth-order valence-corrected chi connectivity index (χ4v) is 3.08. The number of nitro groups is 1. The monoisotopic (exact) mass is 288 g/mol. The Morgan fingerprint density at radius 1 is 1.47 bits per heavy atom. The summed E-state index contributed by atoms with van der Waals surface area (Å²) in [6.45, 7) is 3.01. The number of aliphatic hydroxyl groups is 1. The Balaban J connectivity index is 3.17. The molecule has 8 heteroatoms. The van der Waals surface area contributed by atoms with Gasteiger partial charge in [0.2, 0.25) is 10.0 Å². The molecule has 0 aliphatic heterocycles. The molecule has 0 saturated heterocycles. The first kappa shape index (κ1) is 15.5. The van der Waals surface area contributed by atoms with Crippen molar-refractivity contribution in [1.29, 1.82) is 0 Å². The van der Waals surface area contributed by atoms with Gasteiger partial charge in [0.25, 0.3) is 5.69 Å². The van der Waals surface area contributed by atoms with E-state index in [1.807, 2.05) is 0 Å². The summed E-state index contributed by atoms with van der Waals surface area (Å²) in [6.07, 6.45) is 0. The van der Waals surface area contributed by atoms with Crippen molar-refractivity contribution >= 4 is 15.7 Å². The highest BCUT2D eigenvalue weighted by molar-refractivity contribution is 7.89. The predicted octanol–water partition coefficient (Wildman–Crippen LogP) is 0.810. The van der Waals surface area contributed by atoms with E-state index >= 15 is 0 Å². The molecule has 0 spiro atoms. The van der Waals surface area contributed by atoms with Gasteiger partial charge in [0, 0.05) is 19.2 Å². The molecular weight excluding hydrogens is 272 g/mol. The Morgan fingerprint density at radius 2 is 2.11 bits per heavy atom. The molecule has 0 fully saturated rings.